The quantitative estimate of drug-likeness (QED) is 0.831. The maximum atomic E-state index is 4.67. The van der Waals surface area contributed by atoms with Gasteiger partial charge in [-0.15, -0.1) is 11.3 Å². The van der Waals surface area contributed by atoms with Crippen molar-refractivity contribution in [3.8, 4) is 0 Å². The number of thiazole rings is 1. The van der Waals surface area contributed by atoms with Gasteiger partial charge in [-0.2, -0.15) is 0 Å². The molecule has 0 saturated carbocycles. The fraction of sp³-hybridized carbons (Fsp3) is 0.467. The van der Waals surface area contributed by atoms with Gasteiger partial charge in [0.2, 0.25) is 0 Å². The van der Waals surface area contributed by atoms with Gasteiger partial charge in [-0.05, 0) is 41.9 Å². The van der Waals surface area contributed by atoms with E-state index in [2.05, 4.69) is 60.1 Å². The van der Waals surface area contributed by atoms with E-state index < -0.39 is 0 Å². The van der Waals surface area contributed by atoms with Crippen molar-refractivity contribution in [2.45, 2.75) is 19.9 Å². The maximum Gasteiger partial charge on any atom is 0.128 e. The summed E-state index contributed by atoms with van der Waals surface area (Å²) >= 11 is 5.25. The van der Waals surface area contributed by atoms with E-state index in [0.29, 0.717) is 6.04 Å². The molecule has 2 aromatic rings. The van der Waals surface area contributed by atoms with Crippen molar-refractivity contribution in [1.82, 2.24) is 14.9 Å². The number of piperazine rings is 1. The Kier molecular flexibility index (Phi) is 4.57. The van der Waals surface area contributed by atoms with Gasteiger partial charge in [0.15, 0.2) is 0 Å². The first-order valence-electron chi connectivity index (χ1n) is 7.16. The number of aromatic nitrogens is 2. The van der Waals surface area contributed by atoms with Crippen molar-refractivity contribution in [3.05, 3.63) is 38.9 Å². The molecule has 0 bridgehead atoms. The van der Waals surface area contributed by atoms with E-state index in [9.17, 15) is 0 Å². The molecular weight excluding hydrogens is 348 g/mol. The Bertz CT molecular complexity index is 594. The predicted molar refractivity (Wildman–Crippen MR) is 91.0 cm³/mol. The Hall–Kier alpha value is -0.980. The van der Waals surface area contributed by atoms with Gasteiger partial charge in [0.1, 0.15) is 10.8 Å². The van der Waals surface area contributed by atoms with E-state index in [1.807, 2.05) is 13.1 Å². The van der Waals surface area contributed by atoms with Gasteiger partial charge in [-0.25, -0.2) is 9.97 Å². The number of hydrogen-bond donors (Lipinski definition) is 0. The van der Waals surface area contributed by atoms with Crippen LogP contribution in [0, 0.1) is 6.92 Å². The number of hydrogen-bond acceptors (Lipinski definition) is 5. The van der Waals surface area contributed by atoms with Crippen molar-refractivity contribution in [3.63, 3.8) is 0 Å². The lowest BCUT2D eigenvalue weighted by atomic mass is 10.2. The molecular formula is C15H19BrN4S. The summed E-state index contributed by atoms with van der Waals surface area (Å²) in [6.45, 7) is 8.42. The average molecular weight is 367 g/mol. The summed E-state index contributed by atoms with van der Waals surface area (Å²) in [4.78, 5) is 14.0. The molecule has 1 aliphatic heterocycles. The van der Waals surface area contributed by atoms with E-state index in [1.165, 1.54) is 5.01 Å². The van der Waals surface area contributed by atoms with Crippen molar-refractivity contribution in [2.24, 2.45) is 0 Å². The zero-order chi connectivity index (χ0) is 14.8. The van der Waals surface area contributed by atoms with Gasteiger partial charge in [0, 0.05) is 42.2 Å². The average Bonchev–Trinajstić information content (AvgIpc) is 3.04. The van der Waals surface area contributed by atoms with Crippen LogP contribution in [0.3, 0.4) is 0 Å². The molecule has 1 fully saturated rings. The van der Waals surface area contributed by atoms with Crippen molar-refractivity contribution in [2.75, 3.05) is 31.1 Å². The molecule has 1 saturated heterocycles. The smallest absolute Gasteiger partial charge is 0.128 e. The van der Waals surface area contributed by atoms with Gasteiger partial charge in [-0.1, -0.05) is 0 Å². The van der Waals surface area contributed by atoms with E-state index >= 15 is 0 Å². The van der Waals surface area contributed by atoms with Crippen molar-refractivity contribution >= 4 is 33.1 Å². The van der Waals surface area contributed by atoms with Crippen LogP contribution in [0.4, 0.5) is 5.82 Å². The molecule has 4 nitrogen and oxygen atoms in total. The second-order valence-electron chi connectivity index (χ2n) is 5.31. The summed E-state index contributed by atoms with van der Waals surface area (Å²) in [5.41, 5.74) is 1.05. The van der Waals surface area contributed by atoms with Crippen LogP contribution in [0.1, 0.15) is 23.7 Å². The summed E-state index contributed by atoms with van der Waals surface area (Å²) in [6, 6.07) is 4.59. The molecule has 0 radical (unpaired) electrons. The standard InChI is InChI=1S/C15H19BrN4S/c1-11-13(16)3-4-14(18-11)20-8-6-19(7-9-20)12(2)15-17-5-10-21-15/h3-5,10,12H,6-9H2,1-2H3. The number of anilines is 1. The van der Waals surface area contributed by atoms with Crippen LogP contribution in [0.2, 0.25) is 0 Å². The monoisotopic (exact) mass is 366 g/mol. The highest BCUT2D eigenvalue weighted by Gasteiger charge is 2.24. The van der Waals surface area contributed by atoms with E-state index in [4.69, 9.17) is 0 Å². The first kappa shape index (κ1) is 14.9. The van der Waals surface area contributed by atoms with Gasteiger partial charge < -0.3 is 4.90 Å². The Morgan fingerprint density at radius 3 is 2.62 bits per heavy atom. The third-order valence-corrected chi connectivity index (χ3v) is 5.79. The van der Waals surface area contributed by atoms with Gasteiger partial charge in [-0.3, -0.25) is 4.90 Å². The minimum atomic E-state index is 0.409. The number of aryl methyl sites for hydroxylation is 1. The molecule has 1 aliphatic rings. The predicted octanol–water partition coefficient (Wildman–Crippen LogP) is 3.49. The van der Waals surface area contributed by atoms with E-state index in [-0.39, 0.29) is 0 Å². The second-order valence-corrected chi connectivity index (χ2v) is 7.09. The Balaban J connectivity index is 1.63. The fourth-order valence-corrected chi connectivity index (χ4v) is 3.59. The van der Waals surface area contributed by atoms with E-state index in [0.717, 1.165) is 42.2 Å². The summed E-state index contributed by atoms with van der Waals surface area (Å²) < 4.78 is 1.07. The molecule has 0 spiro atoms. The SMILES string of the molecule is Cc1nc(N2CCN(C(C)c3nccs3)CC2)ccc1Br. The Labute approximate surface area is 138 Å². The number of nitrogens with zero attached hydrogens (tertiary/aromatic N) is 4. The molecule has 0 N–H and O–H groups in total. The van der Waals surface area contributed by atoms with Crippen LogP contribution in [-0.2, 0) is 0 Å². The highest BCUT2D eigenvalue weighted by Crippen LogP contribution is 2.25. The lowest BCUT2D eigenvalue weighted by Gasteiger charge is -2.38. The molecule has 0 amide bonds. The molecule has 1 atom stereocenters. The number of pyridine rings is 1. The summed E-state index contributed by atoms with van der Waals surface area (Å²) in [5.74, 6) is 1.08. The molecule has 3 rings (SSSR count). The lowest BCUT2D eigenvalue weighted by Crippen LogP contribution is -2.47. The largest absolute Gasteiger partial charge is 0.354 e. The molecule has 0 aromatic carbocycles. The minimum Gasteiger partial charge on any atom is -0.354 e. The molecule has 112 valence electrons. The lowest BCUT2D eigenvalue weighted by molar-refractivity contribution is 0.198. The van der Waals surface area contributed by atoms with Crippen LogP contribution in [0.25, 0.3) is 0 Å². The zero-order valence-electron chi connectivity index (χ0n) is 12.3. The third-order valence-electron chi connectivity index (χ3n) is 4.00. The van der Waals surface area contributed by atoms with Crippen molar-refractivity contribution < 1.29 is 0 Å². The fourth-order valence-electron chi connectivity index (χ4n) is 2.64. The third kappa shape index (κ3) is 3.27. The van der Waals surface area contributed by atoms with E-state index in [1.54, 1.807) is 11.3 Å². The molecule has 1 unspecified atom stereocenters. The number of rotatable bonds is 3. The van der Waals surface area contributed by atoms with Crippen LogP contribution in [0.15, 0.2) is 28.2 Å². The van der Waals surface area contributed by atoms with Crippen LogP contribution >= 0.6 is 27.3 Å². The number of halogens is 1. The highest BCUT2D eigenvalue weighted by atomic mass is 79.9. The minimum absolute atomic E-state index is 0.409. The van der Waals surface area contributed by atoms with Crippen LogP contribution in [0.5, 0.6) is 0 Å². The van der Waals surface area contributed by atoms with Gasteiger partial charge >= 0.3 is 0 Å². The molecule has 3 heterocycles. The van der Waals surface area contributed by atoms with Gasteiger partial charge in [0.25, 0.3) is 0 Å². The first-order valence-corrected chi connectivity index (χ1v) is 8.84. The van der Waals surface area contributed by atoms with Crippen molar-refractivity contribution in [1.29, 1.82) is 0 Å². The van der Waals surface area contributed by atoms with Crippen LogP contribution in [-0.4, -0.2) is 41.0 Å². The van der Waals surface area contributed by atoms with Gasteiger partial charge in [0.05, 0.1) is 11.7 Å². The Morgan fingerprint density at radius 2 is 2.00 bits per heavy atom. The summed E-state index contributed by atoms with van der Waals surface area (Å²) in [6.07, 6.45) is 1.89. The normalized spacial score (nSPS) is 18.0. The topological polar surface area (TPSA) is 32.3 Å². The Morgan fingerprint density at radius 1 is 1.24 bits per heavy atom. The molecule has 0 aliphatic carbocycles. The zero-order valence-corrected chi connectivity index (χ0v) is 14.7. The molecule has 6 heteroatoms. The summed E-state index contributed by atoms with van der Waals surface area (Å²) in [5, 5.41) is 3.26. The first-order chi connectivity index (χ1) is 10.1. The molecule has 21 heavy (non-hydrogen) atoms. The maximum absolute atomic E-state index is 4.67. The molecule has 2 aromatic heterocycles. The summed E-state index contributed by atoms with van der Waals surface area (Å²) in [7, 11) is 0. The second kappa shape index (κ2) is 6.42. The van der Waals surface area contributed by atoms with Crippen LogP contribution < -0.4 is 4.90 Å². The highest BCUT2D eigenvalue weighted by molar-refractivity contribution is 9.10.